The zero-order valence-corrected chi connectivity index (χ0v) is 12.1. The summed E-state index contributed by atoms with van der Waals surface area (Å²) in [4.78, 5) is 4.33. The maximum atomic E-state index is 10.2. The molecule has 0 saturated heterocycles. The van der Waals surface area contributed by atoms with Crippen molar-refractivity contribution in [1.82, 2.24) is 4.98 Å². The molecule has 0 aliphatic rings. The summed E-state index contributed by atoms with van der Waals surface area (Å²) in [6.45, 7) is 2.08. The maximum absolute atomic E-state index is 10.2. The Morgan fingerprint density at radius 1 is 1.16 bits per heavy atom. The van der Waals surface area contributed by atoms with Gasteiger partial charge in [0, 0.05) is 28.4 Å². The van der Waals surface area contributed by atoms with E-state index in [9.17, 15) is 5.11 Å². The number of benzene rings is 1. The Morgan fingerprint density at radius 3 is 2.37 bits per heavy atom. The molecule has 0 fully saturated rings. The molecule has 0 amide bonds. The molecule has 0 spiro atoms. The summed E-state index contributed by atoms with van der Waals surface area (Å²) in [6.07, 6.45) is 2.59. The smallest absolute Gasteiger partial charge is 0.0846 e. The predicted molar refractivity (Wildman–Crippen MR) is 78.7 cm³/mol. The molecule has 1 aromatic carbocycles. The monoisotopic (exact) mass is 295 g/mol. The van der Waals surface area contributed by atoms with Crippen molar-refractivity contribution in [2.75, 3.05) is 0 Å². The van der Waals surface area contributed by atoms with Crippen molar-refractivity contribution >= 4 is 23.2 Å². The Hall–Kier alpha value is -1.09. The van der Waals surface area contributed by atoms with Crippen molar-refractivity contribution in [2.45, 2.75) is 25.9 Å². The number of aryl methyl sites for hydroxylation is 1. The number of hydrogen-bond donors (Lipinski definition) is 1. The number of aromatic nitrogens is 1. The van der Waals surface area contributed by atoms with Crippen LogP contribution >= 0.6 is 23.2 Å². The SMILES string of the molecule is CCc1ccc(CC(O)c2cc(Cl)cc(Cl)c2)nc1. The fourth-order valence-corrected chi connectivity index (χ4v) is 2.41. The van der Waals surface area contributed by atoms with E-state index in [1.165, 1.54) is 5.56 Å². The van der Waals surface area contributed by atoms with E-state index in [2.05, 4.69) is 11.9 Å². The van der Waals surface area contributed by atoms with Crippen LogP contribution in [0.1, 0.15) is 29.8 Å². The van der Waals surface area contributed by atoms with E-state index >= 15 is 0 Å². The summed E-state index contributed by atoms with van der Waals surface area (Å²) in [5.74, 6) is 0. The molecule has 1 unspecified atom stereocenters. The zero-order valence-electron chi connectivity index (χ0n) is 10.6. The molecule has 19 heavy (non-hydrogen) atoms. The molecule has 0 radical (unpaired) electrons. The van der Waals surface area contributed by atoms with Gasteiger partial charge in [0.05, 0.1) is 6.10 Å². The van der Waals surface area contributed by atoms with Crippen molar-refractivity contribution in [3.05, 3.63) is 63.4 Å². The minimum absolute atomic E-state index is 0.445. The molecule has 2 aromatic rings. The lowest BCUT2D eigenvalue weighted by molar-refractivity contribution is 0.177. The van der Waals surface area contributed by atoms with Crippen LogP contribution < -0.4 is 0 Å². The first-order valence-corrected chi connectivity index (χ1v) is 6.92. The highest BCUT2D eigenvalue weighted by Crippen LogP contribution is 2.25. The number of aliphatic hydroxyl groups excluding tert-OH is 1. The number of nitrogens with zero attached hydrogens (tertiary/aromatic N) is 1. The van der Waals surface area contributed by atoms with Crippen molar-refractivity contribution in [2.24, 2.45) is 0 Å². The van der Waals surface area contributed by atoms with Crippen molar-refractivity contribution in [3.63, 3.8) is 0 Å². The minimum atomic E-state index is -0.656. The third-order valence-electron chi connectivity index (χ3n) is 2.97. The van der Waals surface area contributed by atoms with Crippen LogP contribution in [0.2, 0.25) is 10.0 Å². The van der Waals surface area contributed by atoms with Gasteiger partial charge in [-0.25, -0.2) is 0 Å². The lowest BCUT2D eigenvalue weighted by Crippen LogP contribution is -2.03. The largest absolute Gasteiger partial charge is 0.388 e. The quantitative estimate of drug-likeness (QED) is 0.916. The third-order valence-corrected chi connectivity index (χ3v) is 3.40. The van der Waals surface area contributed by atoms with Gasteiger partial charge in [0.1, 0.15) is 0 Å². The molecule has 0 bridgehead atoms. The lowest BCUT2D eigenvalue weighted by atomic mass is 10.0. The third kappa shape index (κ3) is 3.93. The molecule has 0 aliphatic heterocycles. The van der Waals surface area contributed by atoms with E-state index in [4.69, 9.17) is 23.2 Å². The lowest BCUT2D eigenvalue weighted by Gasteiger charge is -2.11. The molecule has 4 heteroatoms. The van der Waals surface area contributed by atoms with Crippen LogP contribution in [0.15, 0.2) is 36.5 Å². The zero-order chi connectivity index (χ0) is 13.8. The molecule has 1 aromatic heterocycles. The van der Waals surface area contributed by atoms with Gasteiger partial charge in [0.2, 0.25) is 0 Å². The van der Waals surface area contributed by atoms with Crippen LogP contribution in [0.5, 0.6) is 0 Å². The molecule has 1 heterocycles. The Morgan fingerprint density at radius 2 is 1.84 bits per heavy atom. The minimum Gasteiger partial charge on any atom is -0.388 e. The fraction of sp³-hybridized carbons (Fsp3) is 0.267. The Balaban J connectivity index is 2.13. The number of halogens is 2. The number of aliphatic hydroxyl groups is 1. The van der Waals surface area contributed by atoms with E-state index in [1.54, 1.807) is 18.2 Å². The molecule has 2 rings (SSSR count). The summed E-state index contributed by atoms with van der Waals surface area (Å²) in [6, 6.07) is 9.05. The van der Waals surface area contributed by atoms with Gasteiger partial charge in [-0.1, -0.05) is 36.2 Å². The topological polar surface area (TPSA) is 33.1 Å². The summed E-state index contributed by atoms with van der Waals surface area (Å²) in [7, 11) is 0. The molecule has 100 valence electrons. The van der Waals surface area contributed by atoms with E-state index in [1.807, 2.05) is 18.3 Å². The molecule has 1 atom stereocenters. The molecule has 1 N–H and O–H groups in total. The van der Waals surface area contributed by atoms with Gasteiger partial charge < -0.3 is 5.11 Å². The summed E-state index contributed by atoms with van der Waals surface area (Å²) in [5, 5.41) is 11.2. The average Bonchev–Trinajstić information content (AvgIpc) is 2.38. The second-order valence-corrected chi connectivity index (χ2v) is 5.31. The van der Waals surface area contributed by atoms with Crippen LogP contribution in [0, 0.1) is 0 Å². The number of pyridine rings is 1. The van der Waals surface area contributed by atoms with Gasteiger partial charge in [-0.3, -0.25) is 4.98 Å². The second-order valence-electron chi connectivity index (χ2n) is 4.43. The number of hydrogen-bond acceptors (Lipinski definition) is 2. The highest BCUT2D eigenvalue weighted by Gasteiger charge is 2.11. The summed E-state index contributed by atoms with van der Waals surface area (Å²) < 4.78 is 0. The Bertz CT molecular complexity index is 534. The van der Waals surface area contributed by atoms with Crippen LogP contribution in [-0.4, -0.2) is 10.1 Å². The first-order valence-electron chi connectivity index (χ1n) is 6.16. The Kier molecular flexibility index (Phi) is 4.81. The van der Waals surface area contributed by atoms with E-state index in [-0.39, 0.29) is 0 Å². The average molecular weight is 296 g/mol. The van der Waals surface area contributed by atoms with Crippen molar-refractivity contribution in [1.29, 1.82) is 0 Å². The molecule has 0 aliphatic carbocycles. The van der Waals surface area contributed by atoms with Gasteiger partial charge in [-0.15, -0.1) is 0 Å². The predicted octanol–water partition coefficient (Wildman–Crippen LogP) is 4.23. The molecular formula is C15H15Cl2NO. The van der Waals surface area contributed by atoms with Crippen LogP contribution in [0.4, 0.5) is 0 Å². The molecule has 2 nitrogen and oxygen atoms in total. The highest BCUT2D eigenvalue weighted by molar-refractivity contribution is 6.34. The fourth-order valence-electron chi connectivity index (χ4n) is 1.87. The van der Waals surface area contributed by atoms with Crippen LogP contribution in [0.25, 0.3) is 0 Å². The summed E-state index contributed by atoms with van der Waals surface area (Å²) in [5.41, 5.74) is 2.74. The van der Waals surface area contributed by atoms with Gasteiger partial charge in [-0.05, 0) is 41.8 Å². The maximum Gasteiger partial charge on any atom is 0.0846 e. The van der Waals surface area contributed by atoms with Crippen LogP contribution in [-0.2, 0) is 12.8 Å². The number of rotatable bonds is 4. The first-order chi connectivity index (χ1) is 9.08. The highest BCUT2D eigenvalue weighted by atomic mass is 35.5. The van der Waals surface area contributed by atoms with E-state index in [0.29, 0.717) is 22.0 Å². The first kappa shape index (κ1) is 14.3. The van der Waals surface area contributed by atoms with Crippen molar-refractivity contribution < 1.29 is 5.11 Å². The van der Waals surface area contributed by atoms with Crippen LogP contribution in [0.3, 0.4) is 0 Å². The van der Waals surface area contributed by atoms with Gasteiger partial charge in [-0.2, -0.15) is 0 Å². The second kappa shape index (κ2) is 6.38. The molecular weight excluding hydrogens is 281 g/mol. The van der Waals surface area contributed by atoms with Gasteiger partial charge in [0.15, 0.2) is 0 Å². The van der Waals surface area contributed by atoms with E-state index < -0.39 is 6.10 Å². The standard InChI is InChI=1S/C15H15Cl2NO/c1-2-10-3-4-14(18-9-10)8-15(19)11-5-12(16)7-13(17)6-11/h3-7,9,15,19H,2,8H2,1H3. The molecule has 0 saturated carbocycles. The van der Waals surface area contributed by atoms with E-state index in [0.717, 1.165) is 12.1 Å². The van der Waals surface area contributed by atoms with Gasteiger partial charge >= 0.3 is 0 Å². The van der Waals surface area contributed by atoms with Crippen molar-refractivity contribution in [3.8, 4) is 0 Å². The Labute approximate surface area is 123 Å². The van der Waals surface area contributed by atoms with Gasteiger partial charge in [0.25, 0.3) is 0 Å². The summed E-state index contributed by atoms with van der Waals surface area (Å²) >= 11 is 11.9. The normalized spacial score (nSPS) is 12.4.